The Morgan fingerprint density at radius 3 is 3.10 bits per heavy atom. The molecule has 1 N–H and O–H groups in total. The van der Waals surface area contributed by atoms with Crippen molar-refractivity contribution >= 4 is 0 Å². The van der Waals surface area contributed by atoms with Crippen LogP contribution in [0.25, 0.3) is 0 Å². The van der Waals surface area contributed by atoms with Crippen molar-refractivity contribution in [3.8, 4) is 0 Å². The molecule has 2 aliphatic rings. The van der Waals surface area contributed by atoms with Crippen LogP contribution in [0, 0.1) is 0 Å². The highest BCUT2D eigenvalue weighted by Gasteiger charge is 2.27. The summed E-state index contributed by atoms with van der Waals surface area (Å²) < 4.78 is 0. The van der Waals surface area contributed by atoms with Gasteiger partial charge in [0.05, 0.1) is 0 Å². The van der Waals surface area contributed by atoms with Crippen molar-refractivity contribution in [3.63, 3.8) is 0 Å². The fourth-order valence-electron chi connectivity index (χ4n) is 2.02. The van der Waals surface area contributed by atoms with E-state index in [0.29, 0.717) is 6.04 Å². The molecule has 0 aromatic heterocycles. The second-order valence-electron chi connectivity index (χ2n) is 3.32. The Hall–Kier alpha value is -0.0800. The first-order valence-electron chi connectivity index (χ1n) is 4.37. The highest BCUT2D eigenvalue weighted by atomic mass is 15.0. The summed E-state index contributed by atoms with van der Waals surface area (Å²) in [6, 6.07) is 1.41. The Bertz CT molecular complexity index is 87.8. The molecular weight excluding hydrogens is 124 g/mol. The molecule has 2 heterocycles. The number of hydrogen-bond acceptors (Lipinski definition) is 1. The Kier molecular flexibility index (Phi) is 1.91. The van der Waals surface area contributed by atoms with Crippen molar-refractivity contribution in [1.29, 1.82) is 0 Å². The van der Waals surface area contributed by atoms with Gasteiger partial charge in [0.25, 0.3) is 0 Å². The van der Waals surface area contributed by atoms with Gasteiger partial charge >= 0.3 is 0 Å². The van der Waals surface area contributed by atoms with Gasteiger partial charge in [0, 0.05) is 18.6 Å². The first-order valence-corrected chi connectivity index (χ1v) is 4.37. The van der Waals surface area contributed by atoms with Crippen LogP contribution in [-0.4, -0.2) is 25.2 Å². The summed E-state index contributed by atoms with van der Waals surface area (Å²) in [5.74, 6) is 0. The molecule has 0 aliphatic carbocycles. The van der Waals surface area contributed by atoms with E-state index in [2.05, 4.69) is 10.6 Å². The molecule has 0 saturated carbocycles. The van der Waals surface area contributed by atoms with E-state index in [1.165, 1.54) is 32.2 Å². The minimum Gasteiger partial charge on any atom is -0.312 e. The number of nitrogens with one attached hydrogen (secondary N) is 1. The summed E-state index contributed by atoms with van der Waals surface area (Å²) in [4.78, 5) is 0. The van der Waals surface area contributed by atoms with Gasteiger partial charge in [-0.05, 0) is 32.2 Å². The Morgan fingerprint density at radius 2 is 2.20 bits per heavy atom. The molecule has 57 valence electrons. The summed E-state index contributed by atoms with van der Waals surface area (Å²) in [5, 5.41) is 8.12. The van der Waals surface area contributed by atoms with Gasteiger partial charge < -0.3 is 5.32 Å². The maximum atomic E-state index is 4.59. The van der Waals surface area contributed by atoms with Crippen molar-refractivity contribution in [3.05, 3.63) is 0 Å². The van der Waals surface area contributed by atoms with E-state index in [0.717, 1.165) is 12.6 Å². The molecule has 2 rings (SSSR count). The molecule has 2 nitrogen and oxygen atoms in total. The van der Waals surface area contributed by atoms with Gasteiger partial charge in [-0.2, -0.15) is 0 Å². The van der Waals surface area contributed by atoms with Gasteiger partial charge in [-0.25, -0.2) is 5.32 Å². The molecule has 0 spiro atoms. The lowest BCUT2D eigenvalue weighted by molar-refractivity contribution is 0.246. The molecule has 2 heteroatoms. The highest BCUT2D eigenvalue weighted by molar-refractivity contribution is 4.89. The standard InChI is InChI=1S/C8H15N2/c1-3-7-8(9-5-1)4-2-6-10-7/h7-9H,1-6H2. The van der Waals surface area contributed by atoms with Gasteiger partial charge in [-0.15, -0.1) is 0 Å². The molecular formula is C8H15N2. The molecule has 2 atom stereocenters. The van der Waals surface area contributed by atoms with Crippen LogP contribution in [0.3, 0.4) is 0 Å². The number of fused-ring (bicyclic) bond motifs is 1. The largest absolute Gasteiger partial charge is 0.312 e. The number of rotatable bonds is 0. The van der Waals surface area contributed by atoms with Gasteiger partial charge in [-0.3, -0.25) is 0 Å². The molecule has 2 aliphatic heterocycles. The van der Waals surface area contributed by atoms with Crippen LogP contribution >= 0.6 is 0 Å². The third-order valence-electron chi connectivity index (χ3n) is 2.58. The maximum Gasteiger partial charge on any atom is 0.0399 e. The van der Waals surface area contributed by atoms with Crippen LogP contribution < -0.4 is 10.6 Å². The van der Waals surface area contributed by atoms with Crippen LogP contribution in [0.1, 0.15) is 25.7 Å². The second-order valence-corrected chi connectivity index (χ2v) is 3.32. The lowest BCUT2D eigenvalue weighted by atomic mass is 9.92. The van der Waals surface area contributed by atoms with Crippen molar-refractivity contribution in [2.24, 2.45) is 0 Å². The minimum atomic E-state index is 0.669. The molecule has 2 unspecified atom stereocenters. The minimum absolute atomic E-state index is 0.669. The third kappa shape index (κ3) is 1.18. The topological polar surface area (TPSA) is 26.1 Å². The summed E-state index contributed by atoms with van der Waals surface area (Å²) >= 11 is 0. The molecule has 0 amide bonds. The SMILES string of the molecule is C1CNC2CCC[N]C2C1. The fourth-order valence-corrected chi connectivity index (χ4v) is 2.02. The molecule has 10 heavy (non-hydrogen) atoms. The monoisotopic (exact) mass is 139 g/mol. The Morgan fingerprint density at radius 1 is 1.20 bits per heavy atom. The van der Waals surface area contributed by atoms with Gasteiger partial charge in [0.2, 0.25) is 0 Å². The first kappa shape index (κ1) is 6.62. The number of piperidine rings is 2. The molecule has 2 fully saturated rings. The highest BCUT2D eigenvalue weighted by Crippen LogP contribution is 2.17. The zero-order chi connectivity index (χ0) is 6.81. The van der Waals surface area contributed by atoms with Crippen molar-refractivity contribution in [1.82, 2.24) is 10.6 Å². The summed E-state index contributed by atoms with van der Waals surface area (Å²) in [6.45, 7) is 2.33. The van der Waals surface area contributed by atoms with E-state index in [9.17, 15) is 0 Å². The average molecular weight is 139 g/mol. The fraction of sp³-hybridized carbons (Fsp3) is 1.00. The normalized spacial score (nSPS) is 40.8. The number of nitrogens with zero attached hydrogens (tertiary/aromatic N) is 1. The zero-order valence-corrected chi connectivity index (χ0v) is 6.34. The van der Waals surface area contributed by atoms with Crippen molar-refractivity contribution in [2.75, 3.05) is 13.1 Å². The van der Waals surface area contributed by atoms with Crippen LogP contribution in [-0.2, 0) is 0 Å². The molecule has 1 radical (unpaired) electrons. The Balaban J connectivity index is 1.93. The summed E-state index contributed by atoms with van der Waals surface area (Å²) in [6.07, 6.45) is 5.31. The predicted molar refractivity (Wildman–Crippen MR) is 41.0 cm³/mol. The van der Waals surface area contributed by atoms with Crippen LogP contribution in [0.2, 0.25) is 0 Å². The summed E-state index contributed by atoms with van der Waals surface area (Å²) in [7, 11) is 0. The van der Waals surface area contributed by atoms with Crippen LogP contribution in [0.15, 0.2) is 0 Å². The van der Waals surface area contributed by atoms with E-state index in [1.807, 2.05) is 0 Å². The molecule has 0 aromatic carbocycles. The van der Waals surface area contributed by atoms with Gasteiger partial charge in [0.1, 0.15) is 0 Å². The van der Waals surface area contributed by atoms with E-state index in [-0.39, 0.29) is 0 Å². The van der Waals surface area contributed by atoms with Crippen molar-refractivity contribution < 1.29 is 0 Å². The van der Waals surface area contributed by atoms with Crippen LogP contribution in [0.5, 0.6) is 0 Å². The van der Waals surface area contributed by atoms with Crippen LogP contribution in [0.4, 0.5) is 0 Å². The molecule has 2 saturated heterocycles. The zero-order valence-electron chi connectivity index (χ0n) is 6.34. The Labute approximate surface area is 62.4 Å². The average Bonchev–Trinajstić information content (AvgIpc) is 2.05. The summed E-state index contributed by atoms with van der Waals surface area (Å²) in [5.41, 5.74) is 0. The lowest BCUT2D eigenvalue weighted by Crippen LogP contribution is -2.52. The van der Waals surface area contributed by atoms with Crippen molar-refractivity contribution in [2.45, 2.75) is 37.8 Å². The molecule has 0 bridgehead atoms. The predicted octanol–water partition coefficient (Wildman–Crippen LogP) is 0.505. The maximum absolute atomic E-state index is 4.59. The smallest absolute Gasteiger partial charge is 0.0399 e. The van der Waals surface area contributed by atoms with Gasteiger partial charge in [0.15, 0.2) is 0 Å². The van der Waals surface area contributed by atoms with E-state index < -0.39 is 0 Å². The third-order valence-corrected chi connectivity index (χ3v) is 2.58. The quantitative estimate of drug-likeness (QED) is 0.520. The van der Waals surface area contributed by atoms with E-state index in [1.54, 1.807) is 0 Å². The first-order chi connectivity index (χ1) is 4.97. The van der Waals surface area contributed by atoms with Gasteiger partial charge in [-0.1, -0.05) is 0 Å². The number of hydrogen-bond donors (Lipinski definition) is 1. The lowest BCUT2D eigenvalue weighted by Gasteiger charge is -2.35. The molecule has 0 aromatic rings. The second kappa shape index (κ2) is 2.89. The van der Waals surface area contributed by atoms with E-state index >= 15 is 0 Å². The van der Waals surface area contributed by atoms with E-state index in [4.69, 9.17) is 0 Å².